The van der Waals surface area contributed by atoms with E-state index < -0.39 is 0 Å². The lowest BCUT2D eigenvalue weighted by molar-refractivity contribution is 0.396. The van der Waals surface area contributed by atoms with Crippen LogP contribution in [0.4, 0.5) is 0 Å². The largest absolute Gasteiger partial charge is 0.359 e. The summed E-state index contributed by atoms with van der Waals surface area (Å²) >= 11 is 5.50. The second-order valence-corrected chi connectivity index (χ2v) is 5.52. The summed E-state index contributed by atoms with van der Waals surface area (Å²) in [7, 11) is 0. The second kappa shape index (κ2) is 8.29. The van der Waals surface area contributed by atoms with Gasteiger partial charge in [-0.3, -0.25) is 4.98 Å². The van der Waals surface area contributed by atoms with Crippen molar-refractivity contribution in [3.05, 3.63) is 78.1 Å². The summed E-state index contributed by atoms with van der Waals surface area (Å²) in [5, 5.41) is 3.91. The molecule has 22 heavy (non-hydrogen) atoms. The molecule has 0 saturated heterocycles. The molecule has 0 atom stereocenters. The van der Waals surface area contributed by atoms with Crippen LogP contribution in [0.1, 0.15) is 16.8 Å². The van der Waals surface area contributed by atoms with Crippen LogP contribution >= 0.6 is 12.2 Å². The summed E-state index contributed by atoms with van der Waals surface area (Å²) in [6.45, 7) is 7.89. The second-order valence-electron chi connectivity index (χ2n) is 5.14. The van der Waals surface area contributed by atoms with Crippen LogP contribution in [0, 0.1) is 6.92 Å². The van der Waals surface area contributed by atoms with Crippen molar-refractivity contribution in [2.75, 3.05) is 6.54 Å². The molecule has 0 amide bonds. The molecule has 1 heterocycles. The molecular weight excluding hydrogens is 290 g/mol. The number of nitrogens with zero attached hydrogens (tertiary/aromatic N) is 2. The number of hydrogen-bond donors (Lipinski definition) is 1. The average molecular weight is 311 g/mol. The van der Waals surface area contributed by atoms with Crippen LogP contribution in [0.5, 0.6) is 0 Å². The molecule has 4 heteroatoms. The normalized spacial score (nSPS) is 10.0. The third-order valence-electron chi connectivity index (χ3n) is 3.26. The van der Waals surface area contributed by atoms with Crippen LogP contribution in [0.15, 0.2) is 61.3 Å². The zero-order chi connectivity index (χ0) is 15.8. The predicted octanol–water partition coefficient (Wildman–Crippen LogP) is 3.45. The number of aromatic nitrogens is 1. The molecular formula is C18H21N3S. The Morgan fingerprint density at radius 3 is 2.64 bits per heavy atom. The van der Waals surface area contributed by atoms with Gasteiger partial charge in [-0.1, -0.05) is 42.0 Å². The van der Waals surface area contributed by atoms with Crippen molar-refractivity contribution < 1.29 is 0 Å². The Morgan fingerprint density at radius 1 is 1.23 bits per heavy atom. The van der Waals surface area contributed by atoms with Crippen molar-refractivity contribution in [1.29, 1.82) is 0 Å². The van der Waals surface area contributed by atoms with E-state index in [1.807, 2.05) is 18.2 Å². The molecule has 0 aliphatic carbocycles. The molecule has 0 radical (unpaired) electrons. The van der Waals surface area contributed by atoms with Crippen LogP contribution in [0.2, 0.25) is 0 Å². The Morgan fingerprint density at radius 2 is 2.00 bits per heavy atom. The standard InChI is InChI=1S/C18H21N3S/c1-3-11-20-18(22)21(14-17-6-4-5-12-19-17)13-16-9-7-15(2)8-10-16/h3-10,12H,1,11,13-14H2,2H3,(H,20,22). The van der Waals surface area contributed by atoms with Crippen LogP contribution < -0.4 is 5.32 Å². The van der Waals surface area contributed by atoms with Crippen molar-refractivity contribution in [3.8, 4) is 0 Å². The molecule has 0 aliphatic rings. The van der Waals surface area contributed by atoms with E-state index in [1.165, 1.54) is 11.1 Å². The first-order valence-corrected chi connectivity index (χ1v) is 7.69. The molecule has 2 aromatic rings. The van der Waals surface area contributed by atoms with Gasteiger partial charge < -0.3 is 10.2 Å². The summed E-state index contributed by atoms with van der Waals surface area (Å²) in [6.07, 6.45) is 3.61. The molecule has 0 spiro atoms. The molecule has 0 unspecified atom stereocenters. The lowest BCUT2D eigenvalue weighted by Gasteiger charge is -2.25. The number of aryl methyl sites for hydroxylation is 1. The number of thiocarbonyl (C=S) groups is 1. The van der Waals surface area contributed by atoms with Gasteiger partial charge in [0.15, 0.2) is 5.11 Å². The van der Waals surface area contributed by atoms with Gasteiger partial charge in [-0.2, -0.15) is 0 Å². The van der Waals surface area contributed by atoms with E-state index in [0.717, 1.165) is 12.2 Å². The van der Waals surface area contributed by atoms with Gasteiger partial charge in [0.2, 0.25) is 0 Å². The molecule has 0 fully saturated rings. The first-order valence-electron chi connectivity index (χ1n) is 7.28. The van der Waals surface area contributed by atoms with Crippen molar-refractivity contribution in [2.24, 2.45) is 0 Å². The van der Waals surface area contributed by atoms with Crippen molar-refractivity contribution in [2.45, 2.75) is 20.0 Å². The van der Waals surface area contributed by atoms with Gasteiger partial charge in [-0.25, -0.2) is 0 Å². The van der Waals surface area contributed by atoms with E-state index >= 15 is 0 Å². The summed E-state index contributed by atoms with van der Waals surface area (Å²) in [5.41, 5.74) is 3.48. The molecule has 3 nitrogen and oxygen atoms in total. The van der Waals surface area contributed by atoms with Gasteiger partial charge in [-0.15, -0.1) is 6.58 Å². The number of hydrogen-bond acceptors (Lipinski definition) is 2. The fourth-order valence-electron chi connectivity index (χ4n) is 2.07. The molecule has 1 N–H and O–H groups in total. The highest BCUT2D eigenvalue weighted by atomic mass is 32.1. The molecule has 0 aliphatic heterocycles. The van der Waals surface area contributed by atoms with E-state index in [4.69, 9.17) is 12.2 Å². The number of rotatable bonds is 6. The maximum absolute atomic E-state index is 5.50. The molecule has 114 valence electrons. The molecule has 2 rings (SSSR count). The number of benzene rings is 1. The Bertz CT molecular complexity index is 608. The van der Waals surface area contributed by atoms with Crippen molar-refractivity contribution >= 4 is 17.3 Å². The van der Waals surface area contributed by atoms with Crippen LogP contribution in [-0.2, 0) is 13.1 Å². The minimum absolute atomic E-state index is 0.658. The molecule has 1 aromatic heterocycles. The molecule has 0 saturated carbocycles. The van der Waals surface area contributed by atoms with Crippen LogP contribution in [0.25, 0.3) is 0 Å². The third-order valence-corrected chi connectivity index (χ3v) is 3.66. The van der Waals surface area contributed by atoms with E-state index in [0.29, 0.717) is 18.2 Å². The zero-order valence-corrected chi connectivity index (χ0v) is 13.6. The highest BCUT2D eigenvalue weighted by Gasteiger charge is 2.11. The lowest BCUT2D eigenvalue weighted by atomic mass is 10.1. The molecule has 0 bridgehead atoms. The summed E-state index contributed by atoms with van der Waals surface area (Å²) in [5.74, 6) is 0. The van der Waals surface area contributed by atoms with Gasteiger partial charge in [0.25, 0.3) is 0 Å². The smallest absolute Gasteiger partial charge is 0.169 e. The fourth-order valence-corrected chi connectivity index (χ4v) is 2.28. The van der Waals surface area contributed by atoms with Crippen LogP contribution in [0.3, 0.4) is 0 Å². The molecule has 1 aromatic carbocycles. The summed E-state index contributed by atoms with van der Waals surface area (Å²) in [6, 6.07) is 14.4. The number of nitrogens with one attached hydrogen (secondary N) is 1. The third kappa shape index (κ3) is 4.97. The maximum atomic E-state index is 5.50. The lowest BCUT2D eigenvalue weighted by Crippen LogP contribution is -2.39. The topological polar surface area (TPSA) is 28.2 Å². The first kappa shape index (κ1) is 16.2. The van der Waals surface area contributed by atoms with E-state index in [1.54, 1.807) is 12.3 Å². The SMILES string of the molecule is C=CCNC(=S)N(Cc1ccc(C)cc1)Cc1ccccn1. The first-order chi connectivity index (χ1) is 10.7. The van der Waals surface area contributed by atoms with Gasteiger partial charge in [0, 0.05) is 19.3 Å². The Hall–Kier alpha value is -2.20. The van der Waals surface area contributed by atoms with E-state index in [-0.39, 0.29) is 0 Å². The van der Waals surface area contributed by atoms with Gasteiger partial charge in [0.1, 0.15) is 0 Å². The highest BCUT2D eigenvalue weighted by Crippen LogP contribution is 2.10. The summed E-state index contributed by atoms with van der Waals surface area (Å²) in [4.78, 5) is 6.50. The minimum atomic E-state index is 0.658. The zero-order valence-electron chi connectivity index (χ0n) is 12.8. The Kier molecular flexibility index (Phi) is 6.10. The Balaban J connectivity index is 2.11. The maximum Gasteiger partial charge on any atom is 0.169 e. The van der Waals surface area contributed by atoms with Crippen LogP contribution in [-0.4, -0.2) is 21.5 Å². The monoisotopic (exact) mass is 311 g/mol. The van der Waals surface area contributed by atoms with Crippen molar-refractivity contribution in [1.82, 2.24) is 15.2 Å². The van der Waals surface area contributed by atoms with Gasteiger partial charge in [0.05, 0.1) is 12.2 Å². The quantitative estimate of drug-likeness (QED) is 0.653. The van der Waals surface area contributed by atoms with Gasteiger partial charge >= 0.3 is 0 Å². The van der Waals surface area contributed by atoms with E-state index in [9.17, 15) is 0 Å². The predicted molar refractivity (Wildman–Crippen MR) is 95.5 cm³/mol. The minimum Gasteiger partial charge on any atom is -0.359 e. The average Bonchev–Trinajstić information content (AvgIpc) is 2.55. The van der Waals surface area contributed by atoms with Crippen molar-refractivity contribution in [3.63, 3.8) is 0 Å². The van der Waals surface area contributed by atoms with E-state index in [2.05, 4.69) is 53.0 Å². The number of pyridine rings is 1. The fraction of sp³-hybridized carbons (Fsp3) is 0.222. The summed E-state index contributed by atoms with van der Waals surface area (Å²) < 4.78 is 0. The Labute approximate surface area is 137 Å². The van der Waals surface area contributed by atoms with Gasteiger partial charge in [-0.05, 0) is 36.8 Å². The highest BCUT2D eigenvalue weighted by molar-refractivity contribution is 7.80.